The monoisotopic (exact) mass is 291 g/mol. The van der Waals surface area contributed by atoms with Crippen molar-refractivity contribution in [1.29, 1.82) is 0 Å². The number of rotatable bonds is 3. The van der Waals surface area contributed by atoms with E-state index >= 15 is 0 Å². The van der Waals surface area contributed by atoms with E-state index in [1.54, 1.807) is 7.05 Å². The third-order valence-electron chi connectivity index (χ3n) is 2.13. The zero-order chi connectivity index (χ0) is 11.6. The normalized spacial score (nSPS) is 11.5. The second-order valence-electron chi connectivity index (χ2n) is 3.53. The minimum atomic E-state index is -3.23. The Morgan fingerprint density at radius 2 is 1.67 bits per heavy atom. The number of aryl methyl sites for hydroxylation is 2. The van der Waals surface area contributed by atoms with Gasteiger partial charge >= 0.3 is 0 Å². The highest BCUT2D eigenvalue weighted by Crippen LogP contribution is 2.20. The number of nitrogens with zero attached hydrogens (tertiary/aromatic N) is 1. The molecule has 0 atom stereocenters. The first-order valence-electron chi connectivity index (χ1n) is 4.47. The molecule has 0 N–H and O–H groups in total. The summed E-state index contributed by atoms with van der Waals surface area (Å²) in [6, 6.07) is 5.72. The zero-order valence-electron chi connectivity index (χ0n) is 8.99. The molecule has 0 saturated carbocycles. The largest absolute Gasteiger partial charge is 0.273 e. The van der Waals surface area contributed by atoms with E-state index in [2.05, 4.69) is 15.9 Å². The smallest absolute Gasteiger partial charge is 0.244 e. The summed E-state index contributed by atoms with van der Waals surface area (Å²) in [6.45, 7) is 3.90. The Morgan fingerprint density at radius 1 is 1.20 bits per heavy atom. The van der Waals surface area contributed by atoms with Gasteiger partial charge in [0, 0.05) is 7.05 Å². The number of sulfonamides is 1. The summed E-state index contributed by atoms with van der Waals surface area (Å²) in [7, 11) is -1.67. The van der Waals surface area contributed by atoms with Gasteiger partial charge in [0.1, 0.15) is 4.66 Å². The molecule has 1 aromatic rings. The lowest BCUT2D eigenvalue weighted by Crippen LogP contribution is -2.27. The number of benzene rings is 1. The minimum absolute atomic E-state index is 0.0660. The van der Waals surface area contributed by atoms with E-state index in [0.717, 1.165) is 11.1 Å². The van der Waals surface area contributed by atoms with E-state index in [-0.39, 0.29) is 4.66 Å². The molecule has 0 amide bonds. The van der Waals surface area contributed by atoms with Crippen LogP contribution in [-0.2, 0) is 10.0 Å². The van der Waals surface area contributed by atoms with Gasteiger partial charge in [-0.25, -0.2) is 8.42 Å². The van der Waals surface area contributed by atoms with E-state index in [1.165, 1.54) is 4.31 Å². The number of anilines is 1. The van der Waals surface area contributed by atoms with Crippen molar-refractivity contribution in [3.05, 3.63) is 29.3 Å². The van der Waals surface area contributed by atoms with E-state index in [0.29, 0.717) is 5.69 Å². The van der Waals surface area contributed by atoms with E-state index in [9.17, 15) is 8.42 Å². The molecule has 0 aliphatic heterocycles. The summed E-state index contributed by atoms with van der Waals surface area (Å²) in [5.74, 6) is 0. The molecule has 0 unspecified atom stereocenters. The highest BCUT2D eigenvalue weighted by Gasteiger charge is 2.16. The third-order valence-corrected chi connectivity index (χ3v) is 5.18. The molecule has 0 heterocycles. The Bertz CT molecular complexity index is 436. The van der Waals surface area contributed by atoms with E-state index < -0.39 is 10.0 Å². The molecule has 5 heteroatoms. The minimum Gasteiger partial charge on any atom is -0.273 e. The molecule has 1 rings (SSSR count). The van der Waals surface area contributed by atoms with Gasteiger partial charge in [-0.1, -0.05) is 22.0 Å². The van der Waals surface area contributed by atoms with Crippen molar-refractivity contribution in [2.75, 3.05) is 16.0 Å². The standard InChI is InChI=1S/C10H14BrNO2S/c1-8-4-9(2)6-10(5-8)12(3)15(13,14)7-11/h4-6H,7H2,1-3H3. The van der Waals surface area contributed by atoms with Gasteiger partial charge in [0.25, 0.3) is 0 Å². The molecular weight excluding hydrogens is 278 g/mol. The molecule has 0 aromatic heterocycles. The molecule has 0 spiro atoms. The van der Waals surface area contributed by atoms with Crippen molar-refractivity contribution in [2.24, 2.45) is 0 Å². The lowest BCUT2D eigenvalue weighted by Gasteiger charge is -2.18. The van der Waals surface area contributed by atoms with Gasteiger partial charge in [-0.2, -0.15) is 0 Å². The summed E-state index contributed by atoms with van der Waals surface area (Å²) in [5.41, 5.74) is 2.81. The van der Waals surface area contributed by atoms with Crippen LogP contribution in [0.3, 0.4) is 0 Å². The number of halogens is 1. The molecule has 0 fully saturated rings. The Morgan fingerprint density at radius 3 is 2.07 bits per heavy atom. The van der Waals surface area contributed by atoms with Crippen molar-refractivity contribution < 1.29 is 8.42 Å². The molecule has 0 saturated heterocycles. The summed E-state index contributed by atoms with van der Waals surface area (Å²) < 4.78 is 24.4. The van der Waals surface area contributed by atoms with E-state index in [1.807, 2.05) is 32.0 Å². The average Bonchev–Trinajstić information content (AvgIpc) is 2.15. The Hall–Kier alpha value is -0.550. The highest BCUT2D eigenvalue weighted by molar-refractivity contribution is 9.10. The predicted octanol–water partition coefficient (Wildman–Crippen LogP) is 2.42. The average molecular weight is 292 g/mol. The number of hydrogen-bond donors (Lipinski definition) is 0. The quantitative estimate of drug-likeness (QED) is 0.802. The van der Waals surface area contributed by atoms with Gasteiger partial charge in [-0.05, 0) is 37.1 Å². The molecule has 0 radical (unpaired) electrons. The maximum absolute atomic E-state index is 11.6. The van der Waals surface area contributed by atoms with Crippen LogP contribution in [0.1, 0.15) is 11.1 Å². The van der Waals surface area contributed by atoms with Crippen LogP contribution in [0.4, 0.5) is 5.69 Å². The van der Waals surface area contributed by atoms with Crippen LogP contribution in [0.2, 0.25) is 0 Å². The molecule has 0 aliphatic rings. The SMILES string of the molecule is Cc1cc(C)cc(N(C)S(=O)(=O)CBr)c1. The van der Waals surface area contributed by atoms with Crippen LogP contribution >= 0.6 is 15.9 Å². The summed E-state index contributed by atoms with van der Waals surface area (Å²) in [6.07, 6.45) is 0. The maximum Gasteiger partial charge on any atom is 0.244 e. The lowest BCUT2D eigenvalue weighted by atomic mass is 10.1. The Balaban J connectivity index is 3.17. The molecule has 1 aromatic carbocycles. The highest BCUT2D eigenvalue weighted by atomic mass is 79.9. The van der Waals surface area contributed by atoms with Crippen molar-refractivity contribution in [1.82, 2.24) is 0 Å². The lowest BCUT2D eigenvalue weighted by molar-refractivity contribution is 0.599. The van der Waals surface area contributed by atoms with Gasteiger partial charge in [-0.15, -0.1) is 0 Å². The molecule has 3 nitrogen and oxygen atoms in total. The molecule has 0 bridgehead atoms. The maximum atomic E-state index is 11.6. The second kappa shape index (κ2) is 4.53. The molecular formula is C10H14BrNO2S. The van der Waals surface area contributed by atoms with Crippen LogP contribution in [-0.4, -0.2) is 20.1 Å². The van der Waals surface area contributed by atoms with E-state index in [4.69, 9.17) is 0 Å². The van der Waals surface area contributed by atoms with Gasteiger partial charge in [0.15, 0.2) is 0 Å². The van der Waals surface area contributed by atoms with Crippen LogP contribution in [0.5, 0.6) is 0 Å². The van der Waals surface area contributed by atoms with Crippen LogP contribution in [0.25, 0.3) is 0 Å². The third kappa shape index (κ3) is 2.95. The fourth-order valence-electron chi connectivity index (χ4n) is 1.37. The number of alkyl halides is 1. The first kappa shape index (κ1) is 12.5. The fourth-order valence-corrected chi connectivity index (χ4v) is 2.86. The molecule has 15 heavy (non-hydrogen) atoms. The summed E-state index contributed by atoms with van der Waals surface area (Å²) in [5, 5.41) is 0. The van der Waals surface area contributed by atoms with Crippen molar-refractivity contribution in [2.45, 2.75) is 13.8 Å². The number of hydrogen-bond acceptors (Lipinski definition) is 2. The van der Waals surface area contributed by atoms with Gasteiger partial charge in [0.2, 0.25) is 10.0 Å². The first-order chi connectivity index (χ1) is 6.86. The second-order valence-corrected chi connectivity index (χ2v) is 6.84. The predicted molar refractivity (Wildman–Crippen MR) is 67.0 cm³/mol. The summed E-state index contributed by atoms with van der Waals surface area (Å²) in [4.78, 5) is 0. The molecule has 0 aliphatic carbocycles. The Kier molecular flexibility index (Phi) is 3.78. The Labute approximate surface area is 99.3 Å². The fraction of sp³-hybridized carbons (Fsp3) is 0.400. The van der Waals surface area contributed by atoms with Crippen LogP contribution in [0, 0.1) is 13.8 Å². The van der Waals surface area contributed by atoms with Gasteiger partial charge in [-0.3, -0.25) is 4.31 Å². The first-order valence-corrected chi connectivity index (χ1v) is 7.21. The van der Waals surface area contributed by atoms with Gasteiger partial charge in [0.05, 0.1) is 5.69 Å². The van der Waals surface area contributed by atoms with Crippen LogP contribution in [0.15, 0.2) is 18.2 Å². The van der Waals surface area contributed by atoms with Gasteiger partial charge < -0.3 is 0 Å². The zero-order valence-corrected chi connectivity index (χ0v) is 11.4. The van der Waals surface area contributed by atoms with Crippen molar-refractivity contribution in [3.63, 3.8) is 0 Å². The van der Waals surface area contributed by atoms with Crippen molar-refractivity contribution in [3.8, 4) is 0 Å². The topological polar surface area (TPSA) is 37.4 Å². The summed E-state index contributed by atoms with van der Waals surface area (Å²) >= 11 is 2.98. The van der Waals surface area contributed by atoms with Crippen LogP contribution < -0.4 is 4.31 Å². The molecule has 84 valence electrons. The van der Waals surface area contributed by atoms with Crippen molar-refractivity contribution >= 4 is 31.6 Å².